The average Bonchev–Trinajstić information content (AvgIpc) is 3.32. The Hall–Kier alpha value is -2.10. The highest BCUT2D eigenvalue weighted by atomic mass is 16.4. The number of aryl methyl sites for hydroxylation is 1. The zero-order valence-electron chi connectivity index (χ0n) is 15.4. The molecule has 4 heteroatoms. The van der Waals surface area contributed by atoms with E-state index in [1.54, 1.807) is 6.20 Å². The van der Waals surface area contributed by atoms with Crippen molar-refractivity contribution in [3.63, 3.8) is 0 Å². The Labute approximate surface area is 150 Å². The molecule has 4 nitrogen and oxygen atoms in total. The van der Waals surface area contributed by atoms with Gasteiger partial charge in [0, 0.05) is 30.5 Å². The van der Waals surface area contributed by atoms with Crippen molar-refractivity contribution in [3.05, 3.63) is 42.4 Å². The summed E-state index contributed by atoms with van der Waals surface area (Å²) in [5, 5.41) is 0. The first-order valence-electron chi connectivity index (χ1n) is 9.37. The molecule has 1 unspecified atom stereocenters. The number of nitrogens with zero attached hydrogens (tertiary/aromatic N) is 2. The number of hydrogen-bond donors (Lipinski definition) is 0. The molecule has 134 valence electrons. The fraction of sp³-hybridized carbons (Fsp3) is 0.524. The molecule has 1 fully saturated rings. The van der Waals surface area contributed by atoms with E-state index in [1.165, 1.54) is 0 Å². The molecule has 1 heterocycles. The highest BCUT2D eigenvalue weighted by Gasteiger charge is 2.36. The van der Waals surface area contributed by atoms with Crippen LogP contribution in [0.1, 0.15) is 52.3 Å². The lowest BCUT2D eigenvalue weighted by molar-refractivity contribution is -0.134. The van der Waals surface area contributed by atoms with Crippen molar-refractivity contribution < 1.29 is 9.21 Å². The van der Waals surface area contributed by atoms with E-state index in [0.29, 0.717) is 36.7 Å². The van der Waals surface area contributed by atoms with Gasteiger partial charge in [-0.3, -0.25) is 4.79 Å². The number of carbonyl (C=O) groups excluding carboxylic acids is 1. The highest BCUT2D eigenvalue weighted by molar-refractivity contribution is 5.77. The summed E-state index contributed by atoms with van der Waals surface area (Å²) in [5.74, 6) is 2.26. The molecule has 0 saturated heterocycles. The highest BCUT2D eigenvalue weighted by Crippen LogP contribution is 2.31. The molecule has 0 bridgehead atoms. The molecule has 0 N–H and O–H groups in total. The number of benzene rings is 1. The number of amides is 1. The predicted octanol–water partition coefficient (Wildman–Crippen LogP) is 4.70. The first-order chi connectivity index (χ1) is 12.1. The van der Waals surface area contributed by atoms with Gasteiger partial charge in [-0.2, -0.15) is 0 Å². The molecule has 0 aliphatic heterocycles. The van der Waals surface area contributed by atoms with Gasteiger partial charge in [0.05, 0.1) is 6.20 Å². The number of hydrogen-bond acceptors (Lipinski definition) is 3. The van der Waals surface area contributed by atoms with Crippen LogP contribution in [-0.4, -0.2) is 27.9 Å². The largest absolute Gasteiger partial charge is 0.441 e. The smallest absolute Gasteiger partial charge is 0.223 e. The molecule has 1 aliphatic carbocycles. The Bertz CT molecular complexity index is 689. The molecule has 2 aromatic rings. The van der Waals surface area contributed by atoms with Crippen LogP contribution in [0.25, 0.3) is 11.3 Å². The van der Waals surface area contributed by atoms with E-state index in [-0.39, 0.29) is 5.91 Å². The average molecular weight is 340 g/mol. The second-order valence-corrected chi connectivity index (χ2v) is 7.35. The van der Waals surface area contributed by atoms with Gasteiger partial charge in [-0.15, -0.1) is 0 Å². The maximum atomic E-state index is 12.7. The summed E-state index contributed by atoms with van der Waals surface area (Å²) >= 11 is 0. The molecule has 1 atom stereocenters. The molecule has 25 heavy (non-hydrogen) atoms. The van der Waals surface area contributed by atoms with Gasteiger partial charge in [0.15, 0.2) is 11.7 Å². The maximum Gasteiger partial charge on any atom is 0.223 e. The second-order valence-electron chi connectivity index (χ2n) is 7.35. The van der Waals surface area contributed by atoms with Crippen molar-refractivity contribution in [2.24, 2.45) is 5.92 Å². The molecule has 3 rings (SSSR count). The van der Waals surface area contributed by atoms with Gasteiger partial charge >= 0.3 is 0 Å². The molecule has 1 aromatic carbocycles. The minimum absolute atomic E-state index is 0.276. The van der Waals surface area contributed by atoms with E-state index in [0.717, 1.165) is 30.6 Å². The van der Waals surface area contributed by atoms with E-state index in [9.17, 15) is 4.79 Å². The third kappa shape index (κ3) is 4.50. The van der Waals surface area contributed by atoms with Crippen LogP contribution >= 0.6 is 0 Å². The van der Waals surface area contributed by atoms with Crippen LogP contribution in [0, 0.1) is 5.92 Å². The third-order valence-corrected chi connectivity index (χ3v) is 5.02. The van der Waals surface area contributed by atoms with Crippen LogP contribution < -0.4 is 0 Å². The minimum atomic E-state index is 0.276. The van der Waals surface area contributed by atoms with Crippen molar-refractivity contribution in [2.45, 2.75) is 65.0 Å². The van der Waals surface area contributed by atoms with E-state index < -0.39 is 0 Å². The van der Waals surface area contributed by atoms with Crippen molar-refractivity contribution >= 4 is 5.91 Å². The quantitative estimate of drug-likeness (QED) is 0.700. The fourth-order valence-corrected chi connectivity index (χ4v) is 3.12. The molecule has 0 spiro atoms. The van der Waals surface area contributed by atoms with E-state index >= 15 is 0 Å². The summed E-state index contributed by atoms with van der Waals surface area (Å²) in [5.41, 5.74) is 1.03. The zero-order chi connectivity index (χ0) is 17.8. The molecular formula is C21H28N2O2. The SMILES string of the molecule is CC(C)C(C)N(C(=O)CCCc1ncc(-c2ccccc2)o1)C1CC1. The van der Waals surface area contributed by atoms with Crippen molar-refractivity contribution in [1.29, 1.82) is 0 Å². The van der Waals surface area contributed by atoms with Crippen LogP contribution in [0.3, 0.4) is 0 Å². The summed E-state index contributed by atoms with van der Waals surface area (Å²) in [7, 11) is 0. The van der Waals surface area contributed by atoms with Crippen LogP contribution in [0.2, 0.25) is 0 Å². The lowest BCUT2D eigenvalue weighted by Gasteiger charge is -2.32. The standard InChI is InChI=1S/C21H28N2O2/c1-15(2)16(3)23(18-12-13-18)21(24)11-7-10-20-22-14-19(25-20)17-8-5-4-6-9-17/h4-6,8-9,14-16,18H,7,10-13H2,1-3H3. The lowest BCUT2D eigenvalue weighted by atomic mass is 10.0. The summed E-state index contributed by atoms with van der Waals surface area (Å²) in [6.45, 7) is 6.54. The summed E-state index contributed by atoms with van der Waals surface area (Å²) in [6, 6.07) is 10.7. The van der Waals surface area contributed by atoms with Crippen molar-refractivity contribution in [1.82, 2.24) is 9.88 Å². The number of aromatic nitrogens is 1. The van der Waals surface area contributed by atoms with Gasteiger partial charge in [0.1, 0.15) is 0 Å². The van der Waals surface area contributed by atoms with Gasteiger partial charge in [-0.25, -0.2) is 4.98 Å². The van der Waals surface area contributed by atoms with E-state index in [1.807, 2.05) is 30.3 Å². The number of carbonyl (C=O) groups is 1. The first-order valence-corrected chi connectivity index (χ1v) is 9.37. The first kappa shape index (κ1) is 17.7. The lowest BCUT2D eigenvalue weighted by Crippen LogP contribution is -2.43. The zero-order valence-corrected chi connectivity index (χ0v) is 15.4. The molecule has 1 aromatic heterocycles. The van der Waals surface area contributed by atoms with Crippen LogP contribution in [0.5, 0.6) is 0 Å². The van der Waals surface area contributed by atoms with E-state index in [4.69, 9.17) is 4.42 Å². The Kier molecular flexibility index (Phi) is 5.57. The van der Waals surface area contributed by atoms with Crippen molar-refractivity contribution in [3.8, 4) is 11.3 Å². The van der Waals surface area contributed by atoms with Gasteiger partial charge in [0.25, 0.3) is 0 Å². The number of rotatable bonds is 8. The molecule has 1 saturated carbocycles. The van der Waals surface area contributed by atoms with Crippen LogP contribution in [0.4, 0.5) is 0 Å². The summed E-state index contributed by atoms with van der Waals surface area (Å²) in [4.78, 5) is 19.1. The molecular weight excluding hydrogens is 312 g/mol. The monoisotopic (exact) mass is 340 g/mol. The summed E-state index contributed by atoms with van der Waals surface area (Å²) < 4.78 is 5.82. The van der Waals surface area contributed by atoms with Crippen LogP contribution in [-0.2, 0) is 11.2 Å². The maximum absolute atomic E-state index is 12.7. The second kappa shape index (κ2) is 7.85. The van der Waals surface area contributed by atoms with Gasteiger partial charge in [0.2, 0.25) is 5.91 Å². The third-order valence-electron chi connectivity index (χ3n) is 5.02. The van der Waals surface area contributed by atoms with Crippen LogP contribution in [0.15, 0.2) is 40.9 Å². The Balaban J connectivity index is 1.52. The molecule has 1 amide bonds. The Morgan fingerprint density at radius 3 is 2.60 bits per heavy atom. The normalized spacial score (nSPS) is 15.4. The minimum Gasteiger partial charge on any atom is -0.441 e. The van der Waals surface area contributed by atoms with Gasteiger partial charge in [-0.05, 0) is 32.1 Å². The fourth-order valence-electron chi connectivity index (χ4n) is 3.12. The topological polar surface area (TPSA) is 46.3 Å². The van der Waals surface area contributed by atoms with Gasteiger partial charge < -0.3 is 9.32 Å². The molecule has 1 aliphatic rings. The Morgan fingerprint density at radius 1 is 1.24 bits per heavy atom. The summed E-state index contributed by atoms with van der Waals surface area (Å²) in [6.07, 6.45) is 6.13. The van der Waals surface area contributed by atoms with Gasteiger partial charge in [-0.1, -0.05) is 44.2 Å². The number of oxazole rings is 1. The van der Waals surface area contributed by atoms with E-state index in [2.05, 4.69) is 30.7 Å². The predicted molar refractivity (Wildman–Crippen MR) is 99.0 cm³/mol. The Morgan fingerprint density at radius 2 is 1.96 bits per heavy atom. The molecule has 0 radical (unpaired) electrons. The van der Waals surface area contributed by atoms with Crippen molar-refractivity contribution in [2.75, 3.05) is 0 Å².